The van der Waals surface area contributed by atoms with Crippen molar-refractivity contribution in [2.45, 2.75) is 19.9 Å². The zero-order valence-corrected chi connectivity index (χ0v) is 12.5. The molecule has 0 bridgehead atoms. The Hall–Kier alpha value is -2.62. The highest BCUT2D eigenvalue weighted by Gasteiger charge is 2.22. The predicted molar refractivity (Wildman–Crippen MR) is 86.6 cm³/mol. The number of aromatic nitrogens is 1. The molecule has 4 heteroatoms. The fourth-order valence-corrected chi connectivity index (χ4v) is 2.58. The number of hydrogen-bond acceptors (Lipinski definition) is 1. The van der Waals surface area contributed by atoms with Crippen molar-refractivity contribution in [3.05, 3.63) is 66.1 Å². The Balaban J connectivity index is 2.02. The predicted octanol–water partition coefficient (Wildman–Crippen LogP) is 4.36. The molecule has 0 aliphatic carbocycles. The maximum atomic E-state index is 13.3. The van der Waals surface area contributed by atoms with E-state index in [9.17, 15) is 9.18 Å². The molecule has 1 aromatic heterocycles. The van der Waals surface area contributed by atoms with Gasteiger partial charge < -0.3 is 9.88 Å². The number of anilines is 1. The van der Waals surface area contributed by atoms with Gasteiger partial charge in [-0.3, -0.25) is 4.79 Å². The van der Waals surface area contributed by atoms with Crippen molar-refractivity contribution in [1.82, 2.24) is 4.98 Å². The summed E-state index contributed by atoms with van der Waals surface area (Å²) in [5.41, 5.74) is 1.92. The van der Waals surface area contributed by atoms with E-state index in [4.69, 9.17) is 0 Å². The van der Waals surface area contributed by atoms with Crippen LogP contribution in [0.4, 0.5) is 10.1 Å². The van der Waals surface area contributed by atoms with Gasteiger partial charge in [-0.05, 0) is 50.2 Å². The fraction of sp³-hybridized carbons (Fsp3) is 0.167. The quantitative estimate of drug-likeness (QED) is 0.766. The average Bonchev–Trinajstić information content (AvgIpc) is 2.91. The van der Waals surface area contributed by atoms with Crippen LogP contribution in [0.1, 0.15) is 24.3 Å². The molecule has 0 atom stereocenters. The molecule has 0 saturated carbocycles. The van der Waals surface area contributed by atoms with Crippen LogP contribution in [0.2, 0.25) is 0 Å². The number of fused-ring (bicyclic) bond motifs is 1. The number of para-hydroxylation sites is 1. The molecule has 3 rings (SSSR count). The molecular formula is C18H17FN2O. The molecular weight excluding hydrogens is 279 g/mol. The van der Waals surface area contributed by atoms with E-state index in [2.05, 4.69) is 4.98 Å². The second-order valence-electron chi connectivity index (χ2n) is 5.52. The molecule has 112 valence electrons. The summed E-state index contributed by atoms with van der Waals surface area (Å²) in [5, 5.41) is 0.821. The third-order valence-electron chi connectivity index (χ3n) is 3.58. The number of halogens is 1. The van der Waals surface area contributed by atoms with Crippen molar-refractivity contribution in [3.8, 4) is 0 Å². The molecule has 0 radical (unpaired) electrons. The van der Waals surface area contributed by atoms with Gasteiger partial charge in [-0.1, -0.05) is 18.2 Å². The van der Waals surface area contributed by atoms with E-state index in [1.165, 1.54) is 12.1 Å². The van der Waals surface area contributed by atoms with Gasteiger partial charge in [0.2, 0.25) is 0 Å². The molecule has 1 N–H and O–H groups in total. The van der Waals surface area contributed by atoms with Gasteiger partial charge in [0.05, 0.1) is 0 Å². The largest absolute Gasteiger partial charge is 0.350 e. The SMILES string of the molecule is CC(C)N(C(=O)c1cc2ccc(F)cc2[nH]1)c1ccccc1. The Morgan fingerprint density at radius 2 is 1.82 bits per heavy atom. The van der Waals surface area contributed by atoms with Crippen LogP contribution in [0.25, 0.3) is 10.9 Å². The monoisotopic (exact) mass is 296 g/mol. The molecule has 2 aromatic carbocycles. The minimum atomic E-state index is -0.322. The van der Waals surface area contributed by atoms with Gasteiger partial charge in [0.25, 0.3) is 5.91 Å². The summed E-state index contributed by atoms with van der Waals surface area (Å²) in [5.74, 6) is -0.449. The van der Waals surface area contributed by atoms with E-state index in [-0.39, 0.29) is 17.8 Å². The number of hydrogen-bond donors (Lipinski definition) is 1. The van der Waals surface area contributed by atoms with E-state index < -0.39 is 0 Å². The molecule has 0 saturated heterocycles. The van der Waals surface area contributed by atoms with Crippen molar-refractivity contribution < 1.29 is 9.18 Å². The van der Waals surface area contributed by atoms with Crippen molar-refractivity contribution >= 4 is 22.5 Å². The number of carbonyl (C=O) groups excluding carboxylic acids is 1. The molecule has 0 fully saturated rings. The minimum Gasteiger partial charge on any atom is -0.350 e. The molecule has 1 amide bonds. The summed E-state index contributed by atoms with van der Waals surface area (Å²) < 4.78 is 13.3. The Morgan fingerprint density at radius 1 is 1.09 bits per heavy atom. The highest BCUT2D eigenvalue weighted by Crippen LogP contribution is 2.22. The molecule has 1 heterocycles. The smallest absolute Gasteiger partial charge is 0.274 e. The Morgan fingerprint density at radius 3 is 2.50 bits per heavy atom. The highest BCUT2D eigenvalue weighted by molar-refractivity contribution is 6.07. The van der Waals surface area contributed by atoms with Crippen LogP contribution < -0.4 is 4.90 Å². The van der Waals surface area contributed by atoms with Crippen molar-refractivity contribution in [1.29, 1.82) is 0 Å². The Labute approximate surface area is 128 Å². The molecule has 3 aromatic rings. The lowest BCUT2D eigenvalue weighted by molar-refractivity contribution is 0.0976. The van der Waals surface area contributed by atoms with Crippen LogP contribution in [0.5, 0.6) is 0 Å². The van der Waals surface area contributed by atoms with Crippen LogP contribution in [-0.4, -0.2) is 16.9 Å². The van der Waals surface area contributed by atoms with Crippen LogP contribution in [0, 0.1) is 5.82 Å². The van der Waals surface area contributed by atoms with E-state index in [1.807, 2.05) is 44.2 Å². The van der Waals surface area contributed by atoms with Gasteiger partial charge in [-0.15, -0.1) is 0 Å². The second-order valence-corrected chi connectivity index (χ2v) is 5.52. The van der Waals surface area contributed by atoms with Gasteiger partial charge in [0, 0.05) is 22.6 Å². The number of benzene rings is 2. The molecule has 22 heavy (non-hydrogen) atoms. The van der Waals surface area contributed by atoms with Gasteiger partial charge in [0.15, 0.2) is 0 Å². The topological polar surface area (TPSA) is 36.1 Å². The summed E-state index contributed by atoms with van der Waals surface area (Å²) in [6, 6.07) is 15.7. The molecule has 3 nitrogen and oxygen atoms in total. The number of rotatable bonds is 3. The second kappa shape index (κ2) is 5.64. The summed E-state index contributed by atoms with van der Waals surface area (Å²) in [4.78, 5) is 17.6. The maximum Gasteiger partial charge on any atom is 0.274 e. The van der Waals surface area contributed by atoms with Gasteiger partial charge in [-0.25, -0.2) is 4.39 Å². The standard InChI is InChI=1S/C18H17FN2O/c1-12(2)21(15-6-4-3-5-7-15)18(22)17-10-13-8-9-14(19)11-16(13)20-17/h3-12,20H,1-2H3. The number of amides is 1. The maximum absolute atomic E-state index is 13.3. The third-order valence-corrected chi connectivity index (χ3v) is 3.58. The summed E-state index contributed by atoms with van der Waals surface area (Å²) in [6.07, 6.45) is 0. The normalized spacial score (nSPS) is 11.1. The van der Waals surface area contributed by atoms with Crippen LogP contribution in [0.3, 0.4) is 0 Å². The van der Waals surface area contributed by atoms with E-state index in [1.54, 1.807) is 17.0 Å². The number of nitrogens with zero attached hydrogens (tertiary/aromatic N) is 1. The fourth-order valence-electron chi connectivity index (χ4n) is 2.58. The minimum absolute atomic E-state index is 0.0121. The van der Waals surface area contributed by atoms with E-state index >= 15 is 0 Å². The lowest BCUT2D eigenvalue weighted by atomic mass is 10.2. The van der Waals surface area contributed by atoms with Crippen molar-refractivity contribution in [2.24, 2.45) is 0 Å². The molecule has 0 aliphatic heterocycles. The van der Waals surface area contributed by atoms with Crippen molar-refractivity contribution in [3.63, 3.8) is 0 Å². The number of nitrogens with one attached hydrogen (secondary N) is 1. The number of aromatic amines is 1. The summed E-state index contributed by atoms with van der Waals surface area (Å²) in [6.45, 7) is 3.93. The first kappa shape index (κ1) is 14.3. The summed E-state index contributed by atoms with van der Waals surface area (Å²) >= 11 is 0. The zero-order valence-electron chi connectivity index (χ0n) is 12.5. The van der Waals surface area contributed by atoms with Crippen LogP contribution in [-0.2, 0) is 0 Å². The Bertz CT molecular complexity index is 808. The molecule has 0 aliphatic rings. The zero-order chi connectivity index (χ0) is 15.7. The number of carbonyl (C=O) groups is 1. The third kappa shape index (κ3) is 2.60. The van der Waals surface area contributed by atoms with Gasteiger partial charge >= 0.3 is 0 Å². The number of H-pyrrole nitrogens is 1. The van der Waals surface area contributed by atoms with Crippen LogP contribution in [0.15, 0.2) is 54.6 Å². The first-order valence-corrected chi connectivity index (χ1v) is 7.23. The van der Waals surface area contributed by atoms with Gasteiger partial charge in [0.1, 0.15) is 11.5 Å². The first-order valence-electron chi connectivity index (χ1n) is 7.23. The van der Waals surface area contributed by atoms with E-state index in [0.29, 0.717) is 11.2 Å². The Kier molecular flexibility index (Phi) is 3.67. The lowest BCUT2D eigenvalue weighted by Gasteiger charge is -2.26. The lowest BCUT2D eigenvalue weighted by Crippen LogP contribution is -2.37. The average molecular weight is 296 g/mol. The van der Waals surface area contributed by atoms with Gasteiger partial charge in [-0.2, -0.15) is 0 Å². The van der Waals surface area contributed by atoms with Crippen molar-refractivity contribution in [2.75, 3.05) is 4.90 Å². The van der Waals surface area contributed by atoms with Crippen LogP contribution >= 0.6 is 0 Å². The summed E-state index contributed by atoms with van der Waals surface area (Å²) in [7, 11) is 0. The van der Waals surface area contributed by atoms with E-state index in [0.717, 1.165) is 11.1 Å². The molecule has 0 spiro atoms. The molecule has 0 unspecified atom stereocenters. The first-order chi connectivity index (χ1) is 10.6. The highest BCUT2D eigenvalue weighted by atomic mass is 19.1.